The van der Waals surface area contributed by atoms with Gasteiger partial charge < -0.3 is 16.0 Å². The van der Waals surface area contributed by atoms with E-state index in [-0.39, 0.29) is 6.03 Å². The largest absolute Gasteiger partial charge is 0.340 e. The summed E-state index contributed by atoms with van der Waals surface area (Å²) >= 11 is 6.00. The molecule has 1 aromatic carbocycles. The molecule has 5 nitrogen and oxygen atoms in total. The maximum absolute atomic E-state index is 11.6. The molecule has 2 aromatic rings. The number of carbonyl (C=O) groups excluding carboxylic acids is 1. The summed E-state index contributed by atoms with van der Waals surface area (Å²) in [6.07, 6.45) is 3.75. The molecule has 0 radical (unpaired) electrons. The standard InChI is InChI=1S/C16H17ClN4O/c1-10-2-3-11(17)8-14(10)21-15-7-6-13(9-18-15)20-16(22)19-12-4-5-12/h2-3,6-9,12H,4-5H2,1H3,(H,18,21)(H2,19,20,22). The van der Waals surface area contributed by atoms with Crippen LogP contribution in [0.4, 0.5) is 22.0 Å². The summed E-state index contributed by atoms with van der Waals surface area (Å²) in [5.74, 6) is 0.693. The molecule has 2 amide bonds. The lowest BCUT2D eigenvalue weighted by atomic mass is 10.2. The Bertz CT molecular complexity index is 683. The number of rotatable bonds is 4. The quantitative estimate of drug-likeness (QED) is 0.796. The fraction of sp³-hybridized carbons (Fsp3) is 0.250. The number of hydrogen-bond donors (Lipinski definition) is 3. The van der Waals surface area contributed by atoms with Crippen molar-refractivity contribution in [2.24, 2.45) is 0 Å². The fourth-order valence-electron chi connectivity index (χ4n) is 1.99. The number of urea groups is 1. The van der Waals surface area contributed by atoms with Gasteiger partial charge >= 0.3 is 6.03 Å². The number of halogens is 1. The second kappa shape index (κ2) is 6.23. The zero-order chi connectivity index (χ0) is 15.5. The van der Waals surface area contributed by atoms with Crippen molar-refractivity contribution < 1.29 is 4.79 Å². The predicted octanol–water partition coefficient (Wildman–Crippen LogP) is 4.07. The van der Waals surface area contributed by atoms with Crippen LogP contribution >= 0.6 is 11.6 Å². The van der Waals surface area contributed by atoms with Gasteiger partial charge in [-0.25, -0.2) is 9.78 Å². The number of pyridine rings is 1. The number of anilines is 3. The molecule has 3 rings (SSSR count). The van der Waals surface area contributed by atoms with E-state index in [9.17, 15) is 4.79 Å². The van der Waals surface area contributed by atoms with Crippen LogP contribution in [0.5, 0.6) is 0 Å². The lowest BCUT2D eigenvalue weighted by Crippen LogP contribution is -2.30. The Morgan fingerprint density at radius 1 is 1.27 bits per heavy atom. The monoisotopic (exact) mass is 316 g/mol. The van der Waals surface area contributed by atoms with Crippen molar-refractivity contribution in [2.75, 3.05) is 10.6 Å². The van der Waals surface area contributed by atoms with Gasteiger partial charge in [-0.1, -0.05) is 17.7 Å². The van der Waals surface area contributed by atoms with Crippen molar-refractivity contribution in [2.45, 2.75) is 25.8 Å². The number of aromatic nitrogens is 1. The van der Waals surface area contributed by atoms with Crippen LogP contribution in [0.15, 0.2) is 36.5 Å². The Morgan fingerprint density at radius 2 is 2.09 bits per heavy atom. The topological polar surface area (TPSA) is 66.0 Å². The highest BCUT2D eigenvalue weighted by atomic mass is 35.5. The van der Waals surface area contributed by atoms with E-state index in [0.717, 1.165) is 24.1 Å². The van der Waals surface area contributed by atoms with Gasteiger partial charge in [0.1, 0.15) is 5.82 Å². The predicted molar refractivity (Wildman–Crippen MR) is 88.9 cm³/mol. The van der Waals surface area contributed by atoms with Gasteiger partial charge in [-0.15, -0.1) is 0 Å². The van der Waals surface area contributed by atoms with Crippen molar-refractivity contribution in [1.29, 1.82) is 0 Å². The van der Waals surface area contributed by atoms with Gasteiger partial charge in [0.05, 0.1) is 11.9 Å². The zero-order valence-corrected chi connectivity index (χ0v) is 12.9. The van der Waals surface area contributed by atoms with Crippen LogP contribution in [0.2, 0.25) is 5.02 Å². The number of carbonyl (C=O) groups is 1. The summed E-state index contributed by atoms with van der Waals surface area (Å²) in [6, 6.07) is 9.42. The molecule has 6 heteroatoms. The summed E-state index contributed by atoms with van der Waals surface area (Å²) < 4.78 is 0. The third-order valence-electron chi connectivity index (χ3n) is 3.40. The van der Waals surface area contributed by atoms with E-state index in [0.29, 0.717) is 22.6 Å². The first-order valence-corrected chi connectivity index (χ1v) is 7.55. The number of amides is 2. The van der Waals surface area contributed by atoms with Gasteiger partial charge in [0, 0.05) is 16.8 Å². The highest BCUT2D eigenvalue weighted by Gasteiger charge is 2.23. The first kappa shape index (κ1) is 14.7. The van der Waals surface area contributed by atoms with Gasteiger partial charge in [-0.3, -0.25) is 0 Å². The van der Waals surface area contributed by atoms with Crippen LogP contribution in [-0.4, -0.2) is 17.1 Å². The van der Waals surface area contributed by atoms with Crippen molar-refractivity contribution >= 4 is 34.8 Å². The Morgan fingerprint density at radius 3 is 2.77 bits per heavy atom. The number of nitrogens with zero attached hydrogens (tertiary/aromatic N) is 1. The van der Waals surface area contributed by atoms with Crippen molar-refractivity contribution in [3.63, 3.8) is 0 Å². The van der Waals surface area contributed by atoms with E-state index in [1.54, 1.807) is 6.20 Å². The minimum Gasteiger partial charge on any atom is -0.340 e. The molecule has 0 atom stereocenters. The molecule has 1 aliphatic carbocycles. The van der Waals surface area contributed by atoms with Crippen LogP contribution in [0.3, 0.4) is 0 Å². The van der Waals surface area contributed by atoms with E-state index in [4.69, 9.17) is 11.6 Å². The van der Waals surface area contributed by atoms with E-state index >= 15 is 0 Å². The van der Waals surface area contributed by atoms with Gasteiger partial charge in [0.15, 0.2) is 0 Å². The average molecular weight is 317 g/mol. The summed E-state index contributed by atoms with van der Waals surface area (Å²) in [6.45, 7) is 2.00. The van der Waals surface area contributed by atoms with Gasteiger partial charge in [-0.2, -0.15) is 0 Å². The maximum Gasteiger partial charge on any atom is 0.319 e. The van der Waals surface area contributed by atoms with Crippen LogP contribution in [0.1, 0.15) is 18.4 Å². The van der Waals surface area contributed by atoms with E-state index in [1.807, 2.05) is 37.3 Å². The highest BCUT2D eigenvalue weighted by Crippen LogP contribution is 2.24. The molecule has 0 unspecified atom stereocenters. The van der Waals surface area contributed by atoms with Gasteiger partial charge in [-0.05, 0) is 49.6 Å². The Kier molecular flexibility index (Phi) is 4.15. The van der Waals surface area contributed by atoms with Crippen molar-refractivity contribution in [3.05, 3.63) is 47.1 Å². The number of benzene rings is 1. The Hall–Kier alpha value is -2.27. The SMILES string of the molecule is Cc1ccc(Cl)cc1Nc1ccc(NC(=O)NC2CC2)cn1. The van der Waals surface area contributed by atoms with Gasteiger partial charge in [0.2, 0.25) is 0 Å². The maximum atomic E-state index is 11.6. The molecular formula is C16H17ClN4O. The molecule has 22 heavy (non-hydrogen) atoms. The highest BCUT2D eigenvalue weighted by molar-refractivity contribution is 6.30. The molecule has 0 aliphatic heterocycles. The number of aryl methyl sites for hydroxylation is 1. The lowest BCUT2D eigenvalue weighted by Gasteiger charge is -2.10. The summed E-state index contributed by atoms with van der Waals surface area (Å²) in [5, 5.41) is 9.51. The molecule has 0 spiro atoms. The van der Waals surface area contributed by atoms with E-state index in [2.05, 4.69) is 20.9 Å². The number of hydrogen-bond acceptors (Lipinski definition) is 3. The molecule has 1 aliphatic rings. The molecular weight excluding hydrogens is 300 g/mol. The molecule has 3 N–H and O–H groups in total. The third kappa shape index (κ3) is 3.89. The fourth-order valence-corrected chi connectivity index (χ4v) is 2.16. The Balaban J connectivity index is 1.63. The van der Waals surface area contributed by atoms with Crippen LogP contribution in [0, 0.1) is 6.92 Å². The summed E-state index contributed by atoms with van der Waals surface area (Å²) in [4.78, 5) is 15.9. The summed E-state index contributed by atoms with van der Waals surface area (Å²) in [7, 11) is 0. The first-order chi connectivity index (χ1) is 10.6. The number of nitrogens with one attached hydrogen (secondary N) is 3. The van der Waals surface area contributed by atoms with E-state index in [1.165, 1.54) is 0 Å². The molecule has 1 fully saturated rings. The third-order valence-corrected chi connectivity index (χ3v) is 3.63. The average Bonchev–Trinajstić information content (AvgIpc) is 3.29. The van der Waals surface area contributed by atoms with Crippen LogP contribution in [-0.2, 0) is 0 Å². The van der Waals surface area contributed by atoms with E-state index < -0.39 is 0 Å². The van der Waals surface area contributed by atoms with Crippen LogP contribution < -0.4 is 16.0 Å². The second-order valence-corrected chi connectivity index (χ2v) is 5.83. The molecule has 114 valence electrons. The minimum absolute atomic E-state index is 0.185. The molecule has 0 saturated heterocycles. The van der Waals surface area contributed by atoms with Crippen LogP contribution in [0.25, 0.3) is 0 Å². The molecule has 1 aromatic heterocycles. The van der Waals surface area contributed by atoms with Crippen molar-refractivity contribution in [1.82, 2.24) is 10.3 Å². The minimum atomic E-state index is -0.185. The van der Waals surface area contributed by atoms with Crippen molar-refractivity contribution in [3.8, 4) is 0 Å². The zero-order valence-electron chi connectivity index (χ0n) is 12.2. The molecule has 1 saturated carbocycles. The Labute approximate surface area is 134 Å². The lowest BCUT2D eigenvalue weighted by molar-refractivity contribution is 0.251. The summed E-state index contributed by atoms with van der Waals surface area (Å²) in [5.41, 5.74) is 2.65. The molecule has 0 bridgehead atoms. The second-order valence-electron chi connectivity index (χ2n) is 5.39. The molecule has 1 heterocycles. The van der Waals surface area contributed by atoms with Gasteiger partial charge in [0.25, 0.3) is 0 Å². The smallest absolute Gasteiger partial charge is 0.319 e. The first-order valence-electron chi connectivity index (χ1n) is 7.17. The normalized spacial score (nSPS) is 13.5.